The number of ketones is 1. The van der Waals surface area contributed by atoms with E-state index in [4.69, 9.17) is 4.74 Å². The van der Waals surface area contributed by atoms with E-state index in [-0.39, 0.29) is 17.3 Å². The van der Waals surface area contributed by atoms with Gasteiger partial charge < -0.3 is 4.74 Å². The lowest BCUT2D eigenvalue weighted by molar-refractivity contribution is -0.219. The second-order valence-electron chi connectivity index (χ2n) is 11.1. The van der Waals surface area contributed by atoms with Gasteiger partial charge in [-0.2, -0.15) is 0 Å². The zero-order chi connectivity index (χ0) is 19.8. The summed E-state index contributed by atoms with van der Waals surface area (Å²) in [5.74, 6) is 2.28. The van der Waals surface area contributed by atoms with Crippen LogP contribution in [0.5, 0.6) is 0 Å². The molecule has 6 unspecified atom stereocenters. The van der Waals surface area contributed by atoms with Gasteiger partial charge in [0.05, 0.1) is 5.92 Å². The van der Waals surface area contributed by atoms with Crippen LogP contribution in [-0.2, 0) is 14.3 Å². The van der Waals surface area contributed by atoms with E-state index in [1.807, 2.05) is 0 Å². The van der Waals surface area contributed by atoms with Gasteiger partial charge in [-0.05, 0) is 73.0 Å². The van der Waals surface area contributed by atoms with Crippen LogP contribution in [0.1, 0.15) is 92.9 Å². The van der Waals surface area contributed by atoms with Crippen molar-refractivity contribution in [3.05, 3.63) is 0 Å². The minimum absolute atomic E-state index is 0.0592. The molecule has 0 aromatic rings. The van der Waals surface area contributed by atoms with Crippen LogP contribution in [0.25, 0.3) is 0 Å². The van der Waals surface area contributed by atoms with Crippen LogP contribution in [-0.4, -0.2) is 17.4 Å². The summed E-state index contributed by atoms with van der Waals surface area (Å²) in [6.45, 7) is 13.7. The van der Waals surface area contributed by atoms with Gasteiger partial charge in [0.25, 0.3) is 0 Å². The Bertz CT molecular complexity index is 657. The Morgan fingerprint density at radius 1 is 1.15 bits per heavy atom. The molecule has 3 nitrogen and oxygen atoms in total. The summed E-state index contributed by atoms with van der Waals surface area (Å²) in [5.41, 5.74) is 0.686. The lowest BCUT2D eigenvalue weighted by Gasteiger charge is -2.65. The summed E-state index contributed by atoms with van der Waals surface area (Å²) in [4.78, 5) is 24.8. The highest BCUT2D eigenvalue weighted by atomic mass is 16.6. The first kappa shape index (κ1) is 19.5. The molecule has 0 N–H and O–H groups in total. The summed E-state index contributed by atoms with van der Waals surface area (Å²) < 4.78 is 6.25. The van der Waals surface area contributed by atoms with E-state index in [9.17, 15) is 9.59 Å². The van der Waals surface area contributed by atoms with Gasteiger partial charge in [-0.15, -0.1) is 0 Å². The summed E-state index contributed by atoms with van der Waals surface area (Å²) in [6.07, 6.45) is 7.40. The fourth-order valence-corrected chi connectivity index (χ4v) is 8.00. The molecule has 152 valence electrons. The van der Waals surface area contributed by atoms with E-state index < -0.39 is 5.60 Å². The van der Waals surface area contributed by atoms with Crippen LogP contribution >= 0.6 is 0 Å². The lowest BCUT2D eigenvalue weighted by atomic mass is 9.38. The Hall–Kier alpha value is -0.860. The quantitative estimate of drug-likeness (QED) is 0.572. The van der Waals surface area contributed by atoms with Gasteiger partial charge in [0, 0.05) is 12.8 Å². The molecule has 0 aromatic carbocycles. The Morgan fingerprint density at radius 2 is 1.78 bits per heavy atom. The van der Waals surface area contributed by atoms with E-state index >= 15 is 0 Å². The molecule has 0 aliphatic heterocycles. The smallest absolute Gasteiger partial charge is 0.310 e. The summed E-state index contributed by atoms with van der Waals surface area (Å²) in [5, 5.41) is 0. The van der Waals surface area contributed by atoms with Crippen molar-refractivity contribution in [2.45, 2.75) is 98.5 Å². The van der Waals surface area contributed by atoms with Crippen LogP contribution in [0.4, 0.5) is 0 Å². The summed E-state index contributed by atoms with van der Waals surface area (Å²) in [6, 6.07) is 0. The molecule has 0 radical (unpaired) electrons. The van der Waals surface area contributed by atoms with Crippen LogP contribution in [0.2, 0.25) is 0 Å². The number of ether oxygens (including phenoxy) is 1. The first-order valence-electron chi connectivity index (χ1n) is 11.3. The molecule has 0 heterocycles. The van der Waals surface area contributed by atoms with Crippen LogP contribution in [0.15, 0.2) is 0 Å². The van der Waals surface area contributed by atoms with E-state index in [1.54, 1.807) is 0 Å². The zero-order valence-electron chi connectivity index (χ0n) is 18.2. The lowest BCUT2D eigenvalue weighted by Crippen LogP contribution is -2.64. The minimum Gasteiger partial charge on any atom is -0.459 e. The maximum atomic E-state index is 13.2. The van der Waals surface area contributed by atoms with Crippen LogP contribution in [0, 0.1) is 39.9 Å². The Labute approximate surface area is 165 Å². The molecule has 6 atom stereocenters. The van der Waals surface area contributed by atoms with Crippen LogP contribution < -0.4 is 0 Å². The first-order valence-corrected chi connectivity index (χ1v) is 11.3. The van der Waals surface area contributed by atoms with Crippen molar-refractivity contribution < 1.29 is 14.3 Å². The zero-order valence-corrected chi connectivity index (χ0v) is 18.2. The molecule has 4 aliphatic rings. The second-order valence-corrected chi connectivity index (χ2v) is 11.1. The molecule has 4 saturated carbocycles. The summed E-state index contributed by atoms with van der Waals surface area (Å²) in [7, 11) is 0. The van der Waals surface area contributed by atoms with Gasteiger partial charge in [0.2, 0.25) is 0 Å². The van der Waals surface area contributed by atoms with Crippen molar-refractivity contribution >= 4 is 11.8 Å². The largest absolute Gasteiger partial charge is 0.459 e. The maximum Gasteiger partial charge on any atom is 0.310 e. The molecule has 4 aliphatic carbocycles. The highest BCUT2D eigenvalue weighted by Crippen LogP contribution is 2.97. The van der Waals surface area contributed by atoms with Crippen molar-refractivity contribution in [3.63, 3.8) is 0 Å². The average Bonchev–Trinajstić information content (AvgIpc) is 2.99. The van der Waals surface area contributed by atoms with E-state index in [0.29, 0.717) is 41.3 Å². The predicted octanol–water partition coefficient (Wildman–Crippen LogP) is 5.56. The van der Waals surface area contributed by atoms with Gasteiger partial charge in [0.1, 0.15) is 11.4 Å². The molecule has 0 saturated heterocycles. The molecule has 3 heteroatoms. The maximum absolute atomic E-state index is 13.2. The standard InChI is InChI=1S/C24H38O3/c1-7-21(4,5)19-15(3)24-14-23(19,24)13-18(24)20(26)27-22(6,8-2)16-9-11-17(25)12-10-16/h15-16,18-19H,7-14H2,1-6H3. The van der Waals surface area contributed by atoms with Gasteiger partial charge in [-0.25, -0.2) is 0 Å². The highest BCUT2D eigenvalue weighted by molar-refractivity contribution is 5.80. The van der Waals surface area contributed by atoms with Crippen molar-refractivity contribution in [3.8, 4) is 0 Å². The molecular formula is C24H38O3. The molecule has 0 spiro atoms. The Kier molecular flexibility index (Phi) is 4.20. The molecule has 4 fully saturated rings. The van der Waals surface area contributed by atoms with Gasteiger partial charge in [-0.3, -0.25) is 9.59 Å². The average molecular weight is 375 g/mol. The minimum atomic E-state index is -0.406. The first-order chi connectivity index (χ1) is 12.6. The highest BCUT2D eigenvalue weighted by Gasteiger charge is 2.93. The third kappa shape index (κ3) is 2.32. The third-order valence-electron chi connectivity index (χ3n) is 9.99. The molecular weight excluding hydrogens is 336 g/mol. The van der Waals surface area contributed by atoms with Gasteiger partial charge in [-0.1, -0.05) is 41.0 Å². The number of carbonyl (C=O) groups is 2. The fourth-order valence-electron chi connectivity index (χ4n) is 8.00. The van der Waals surface area contributed by atoms with Gasteiger partial charge >= 0.3 is 5.97 Å². The fraction of sp³-hybridized carbons (Fsp3) is 0.917. The predicted molar refractivity (Wildman–Crippen MR) is 106 cm³/mol. The number of rotatable bonds is 6. The molecule has 27 heavy (non-hydrogen) atoms. The number of hydrogen-bond donors (Lipinski definition) is 0. The van der Waals surface area contributed by atoms with E-state index in [0.717, 1.165) is 31.6 Å². The number of hydrogen-bond acceptors (Lipinski definition) is 3. The normalized spacial score (nSPS) is 42.9. The van der Waals surface area contributed by atoms with E-state index in [2.05, 4.69) is 41.5 Å². The monoisotopic (exact) mass is 374 g/mol. The van der Waals surface area contributed by atoms with Crippen molar-refractivity contribution in [1.82, 2.24) is 0 Å². The van der Waals surface area contributed by atoms with Gasteiger partial charge in [0.15, 0.2) is 0 Å². The van der Waals surface area contributed by atoms with Crippen molar-refractivity contribution in [1.29, 1.82) is 0 Å². The molecule has 4 rings (SSSR count). The van der Waals surface area contributed by atoms with E-state index in [1.165, 1.54) is 12.8 Å². The van der Waals surface area contributed by atoms with Crippen molar-refractivity contribution in [2.75, 3.05) is 0 Å². The Morgan fingerprint density at radius 3 is 2.30 bits per heavy atom. The SMILES string of the molecule is CCC(C)(C)C1C(C)C23CC12CC3C(=O)OC(C)(CC)C1CCC(=O)CC1. The number of esters is 1. The summed E-state index contributed by atoms with van der Waals surface area (Å²) >= 11 is 0. The molecule has 0 bridgehead atoms. The topological polar surface area (TPSA) is 43.4 Å². The Balaban J connectivity index is 1.43. The number of Topliss-reactive ketones (excluding diaryl/α,β-unsaturated/α-hetero) is 1. The van der Waals surface area contributed by atoms with Crippen molar-refractivity contribution in [2.24, 2.45) is 39.9 Å². The number of carbonyl (C=O) groups excluding carboxylic acids is 2. The van der Waals surface area contributed by atoms with Crippen LogP contribution in [0.3, 0.4) is 0 Å². The second kappa shape index (κ2) is 5.83. The molecule has 0 amide bonds. The third-order valence-corrected chi connectivity index (χ3v) is 9.99. The molecule has 0 aromatic heterocycles.